The Morgan fingerprint density at radius 3 is 2.65 bits per heavy atom. The molecule has 1 aromatic carbocycles. The van der Waals surface area contributed by atoms with Gasteiger partial charge in [0.25, 0.3) is 5.91 Å². The fourth-order valence-electron chi connectivity index (χ4n) is 2.66. The van der Waals surface area contributed by atoms with Crippen molar-refractivity contribution in [3.05, 3.63) is 59.7 Å². The van der Waals surface area contributed by atoms with Gasteiger partial charge in [-0.1, -0.05) is 13.8 Å². The Labute approximate surface area is 135 Å². The predicted octanol–water partition coefficient (Wildman–Crippen LogP) is 3.02. The van der Waals surface area contributed by atoms with E-state index in [1.54, 1.807) is 12.4 Å². The van der Waals surface area contributed by atoms with Crippen LogP contribution in [0.1, 0.15) is 41.5 Å². The third kappa shape index (κ3) is 3.08. The molecule has 0 saturated carbocycles. The highest BCUT2D eigenvalue weighted by Crippen LogP contribution is 2.21. The van der Waals surface area contributed by atoms with Gasteiger partial charge in [0, 0.05) is 37.5 Å². The summed E-state index contributed by atoms with van der Waals surface area (Å²) < 4.78 is 2.08. The molecule has 5 nitrogen and oxygen atoms in total. The van der Waals surface area contributed by atoms with Crippen LogP contribution in [0.5, 0.6) is 0 Å². The first kappa shape index (κ1) is 15.2. The Kier molecular flexibility index (Phi) is 4.10. The first-order chi connectivity index (χ1) is 11.1. The third-order valence-corrected chi connectivity index (χ3v) is 3.90. The molecule has 0 atom stereocenters. The van der Waals surface area contributed by atoms with Gasteiger partial charge in [0.15, 0.2) is 0 Å². The van der Waals surface area contributed by atoms with Crippen LogP contribution in [0.3, 0.4) is 0 Å². The van der Waals surface area contributed by atoms with Gasteiger partial charge in [0.2, 0.25) is 0 Å². The number of amides is 1. The highest BCUT2D eigenvalue weighted by Gasteiger charge is 2.13. The van der Waals surface area contributed by atoms with E-state index in [-0.39, 0.29) is 5.91 Å². The Hall–Kier alpha value is -2.69. The van der Waals surface area contributed by atoms with Crippen molar-refractivity contribution in [1.29, 1.82) is 0 Å². The summed E-state index contributed by atoms with van der Waals surface area (Å²) in [5.74, 6) is 1.27. The van der Waals surface area contributed by atoms with Crippen LogP contribution in [0.15, 0.2) is 42.7 Å². The van der Waals surface area contributed by atoms with Crippen LogP contribution >= 0.6 is 0 Å². The second-order valence-electron chi connectivity index (χ2n) is 5.93. The van der Waals surface area contributed by atoms with Crippen LogP contribution in [0.25, 0.3) is 11.0 Å². The van der Waals surface area contributed by atoms with Gasteiger partial charge < -0.3 is 9.88 Å². The Morgan fingerprint density at radius 2 is 1.96 bits per heavy atom. The minimum Gasteiger partial charge on any atom is -0.348 e. The molecule has 3 rings (SSSR count). The number of imidazole rings is 1. The average molecular weight is 308 g/mol. The number of hydrogen-bond acceptors (Lipinski definition) is 3. The summed E-state index contributed by atoms with van der Waals surface area (Å²) in [5, 5.41) is 2.92. The summed E-state index contributed by atoms with van der Waals surface area (Å²) >= 11 is 0. The molecule has 0 aliphatic carbocycles. The van der Waals surface area contributed by atoms with E-state index in [9.17, 15) is 4.79 Å². The van der Waals surface area contributed by atoms with Crippen molar-refractivity contribution in [2.24, 2.45) is 7.05 Å². The maximum absolute atomic E-state index is 12.3. The van der Waals surface area contributed by atoms with Crippen LogP contribution in [-0.2, 0) is 13.6 Å². The maximum atomic E-state index is 12.3. The zero-order chi connectivity index (χ0) is 16.4. The van der Waals surface area contributed by atoms with Gasteiger partial charge in [0.05, 0.1) is 11.0 Å². The molecule has 0 fully saturated rings. The second kappa shape index (κ2) is 6.20. The monoisotopic (exact) mass is 308 g/mol. The molecule has 0 spiro atoms. The predicted molar refractivity (Wildman–Crippen MR) is 90.2 cm³/mol. The molecule has 118 valence electrons. The van der Waals surface area contributed by atoms with Crippen LogP contribution in [-0.4, -0.2) is 20.4 Å². The van der Waals surface area contributed by atoms with E-state index in [0.717, 1.165) is 22.4 Å². The van der Waals surface area contributed by atoms with Crippen LogP contribution in [0.2, 0.25) is 0 Å². The second-order valence-corrected chi connectivity index (χ2v) is 5.93. The molecule has 3 aromatic rings. The fraction of sp³-hybridized carbons (Fsp3) is 0.278. The van der Waals surface area contributed by atoms with E-state index in [1.165, 1.54) is 0 Å². The first-order valence-corrected chi connectivity index (χ1v) is 7.69. The van der Waals surface area contributed by atoms with E-state index < -0.39 is 0 Å². The number of aromatic nitrogens is 3. The lowest BCUT2D eigenvalue weighted by Crippen LogP contribution is -2.22. The van der Waals surface area contributed by atoms with Gasteiger partial charge in [-0.3, -0.25) is 9.78 Å². The molecular weight excluding hydrogens is 288 g/mol. The number of aryl methyl sites for hydroxylation is 1. The average Bonchev–Trinajstić information content (AvgIpc) is 2.90. The zero-order valence-electron chi connectivity index (χ0n) is 13.6. The number of nitrogens with zero attached hydrogens (tertiary/aromatic N) is 3. The summed E-state index contributed by atoms with van der Waals surface area (Å²) in [6.07, 6.45) is 3.43. The number of benzene rings is 1. The lowest BCUT2D eigenvalue weighted by molar-refractivity contribution is 0.0951. The molecule has 2 heterocycles. The van der Waals surface area contributed by atoms with E-state index in [4.69, 9.17) is 0 Å². The molecule has 0 bridgehead atoms. The number of pyridine rings is 1. The smallest absolute Gasteiger partial charge is 0.251 e. The summed E-state index contributed by atoms with van der Waals surface area (Å²) in [6.45, 7) is 4.71. The molecule has 1 N–H and O–H groups in total. The molecule has 0 unspecified atom stereocenters. The summed E-state index contributed by atoms with van der Waals surface area (Å²) in [5.41, 5.74) is 3.54. The van der Waals surface area contributed by atoms with Crippen molar-refractivity contribution in [2.45, 2.75) is 26.3 Å². The summed E-state index contributed by atoms with van der Waals surface area (Å²) in [6, 6.07) is 9.42. The normalized spacial score (nSPS) is 11.1. The van der Waals surface area contributed by atoms with Gasteiger partial charge in [0.1, 0.15) is 5.82 Å². The summed E-state index contributed by atoms with van der Waals surface area (Å²) in [4.78, 5) is 20.9. The Bertz CT molecular complexity index is 837. The van der Waals surface area contributed by atoms with Gasteiger partial charge in [-0.15, -0.1) is 0 Å². The number of fused-ring (bicyclic) bond motifs is 1. The van der Waals surface area contributed by atoms with Crippen LogP contribution in [0, 0.1) is 0 Å². The highest BCUT2D eigenvalue weighted by molar-refractivity contribution is 5.97. The van der Waals surface area contributed by atoms with Crippen molar-refractivity contribution < 1.29 is 4.79 Å². The molecule has 0 radical (unpaired) electrons. The van der Waals surface area contributed by atoms with Crippen molar-refractivity contribution in [2.75, 3.05) is 0 Å². The van der Waals surface area contributed by atoms with Crippen molar-refractivity contribution in [1.82, 2.24) is 19.9 Å². The Balaban J connectivity index is 1.81. The van der Waals surface area contributed by atoms with E-state index in [2.05, 4.69) is 33.7 Å². The molecule has 2 aromatic heterocycles. The first-order valence-electron chi connectivity index (χ1n) is 7.69. The van der Waals surface area contributed by atoms with Crippen LogP contribution in [0.4, 0.5) is 0 Å². The van der Waals surface area contributed by atoms with Crippen molar-refractivity contribution in [3.8, 4) is 0 Å². The largest absolute Gasteiger partial charge is 0.348 e. The van der Waals surface area contributed by atoms with Gasteiger partial charge >= 0.3 is 0 Å². The minimum atomic E-state index is -0.0968. The number of carbonyl (C=O) groups excluding carboxylic acids is 1. The minimum absolute atomic E-state index is 0.0968. The maximum Gasteiger partial charge on any atom is 0.251 e. The van der Waals surface area contributed by atoms with Crippen molar-refractivity contribution in [3.63, 3.8) is 0 Å². The Morgan fingerprint density at radius 1 is 1.22 bits per heavy atom. The SMILES string of the molecule is CC(C)c1nc2cc(C(=O)NCc3ccncc3)ccc2n1C. The fourth-order valence-corrected chi connectivity index (χ4v) is 2.66. The van der Waals surface area contributed by atoms with E-state index in [0.29, 0.717) is 18.0 Å². The topological polar surface area (TPSA) is 59.8 Å². The zero-order valence-corrected chi connectivity index (χ0v) is 13.6. The number of nitrogens with one attached hydrogen (secondary N) is 1. The molecular formula is C18H20N4O. The van der Waals surface area contributed by atoms with E-state index >= 15 is 0 Å². The molecule has 5 heteroatoms. The quantitative estimate of drug-likeness (QED) is 0.806. The van der Waals surface area contributed by atoms with E-state index in [1.807, 2.05) is 37.4 Å². The summed E-state index contributed by atoms with van der Waals surface area (Å²) in [7, 11) is 2.01. The van der Waals surface area contributed by atoms with Gasteiger partial charge in [-0.2, -0.15) is 0 Å². The molecule has 0 saturated heterocycles. The molecule has 23 heavy (non-hydrogen) atoms. The number of carbonyl (C=O) groups is 1. The lowest BCUT2D eigenvalue weighted by atomic mass is 10.2. The lowest BCUT2D eigenvalue weighted by Gasteiger charge is -2.06. The number of hydrogen-bond donors (Lipinski definition) is 1. The van der Waals surface area contributed by atoms with Crippen LogP contribution < -0.4 is 5.32 Å². The molecule has 0 aliphatic rings. The third-order valence-electron chi connectivity index (χ3n) is 3.90. The standard InChI is InChI=1S/C18H20N4O/c1-12(2)17-21-15-10-14(4-5-16(15)22(17)3)18(23)20-11-13-6-8-19-9-7-13/h4-10,12H,11H2,1-3H3,(H,20,23). The highest BCUT2D eigenvalue weighted by atomic mass is 16.1. The number of rotatable bonds is 4. The molecule has 1 amide bonds. The van der Waals surface area contributed by atoms with Gasteiger partial charge in [-0.25, -0.2) is 4.98 Å². The molecule has 0 aliphatic heterocycles. The van der Waals surface area contributed by atoms with Gasteiger partial charge in [-0.05, 0) is 35.9 Å². The van der Waals surface area contributed by atoms with Crippen molar-refractivity contribution >= 4 is 16.9 Å².